The van der Waals surface area contributed by atoms with Crippen molar-refractivity contribution in [2.45, 2.75) is 31.0 Å². The molecule has 4 heteroatoms. The second kappa shape index (κ2) is 11.2. The fourth-order valence-electron chi connectivity index (χ4n) is 4.42. The largest absolute Gasteiger partial charge is 0.389 e. The highest BCUT2D eigenvalue weighted by Gasteiger charge is 2.27. The Hall–Kier alpha value is -2.79. The second-order valence-corrected chi connectivity index (χ2v) is 8.55. The van der Waals surface area contributed by atoms with Gasteiger partial charge in [0, 0.05) is 25.1 Å². The molecule has 0 aliphatic carbocycles. The summed E-state index contributed by atoms with van der Waals surface area (Å²) in [5.41, 5.74) is 3.03. The molecule has 3 unspecified atom stereocenters. The summed E-state index contributed by atoms with van der Waals surface area (Å²) in [4.78, 5) is 15.4. The predicted molar refractivity (Wildman–Crippen MR) is 127 cm³/mol. The summed E-state index contributed by atoms with van der Waals surface area (Å²) in [6.07, 6.45) is 0.332. The Labute approximate surface area is 190 Å². The lowest BCUT2D eigenvalue weighted by Gasteiger charge is -2.23. The van der Waals surface area contributed by atoms with Crippen molar-refractivity contribution in [3.8, 4) is 0 Å². The number of carbonyl (C=O) groups excluding carboxylic acids is 1. The first-order valence-corrected chi connectivity index (χ1v) is 11.4. The molecule has 1 aliphatic rings. The van der Waals surface area contributed by atoms with Crippen molar-refractivity contribution in [1.29, 1.82) is 0 Å². The van der Waals surface area contributed by atoms with E-state index in [1.807, 2.05) is 66.7 Å². The highest BCUT2D eigenvalue weighted by Crippen LogP contribution is 2.27. The lowest BCUT2D eigenvalue weighted by atomic mass is 9.99. The summed E-state index contributed by atoms with van der Waals surface area (Å²) >= 11 is 0. The first kappa shape index (κ1) is 22.4. The summed E-state index contributed by atoms with van der Waals surface area (Å²) in [6, 6.07) is 29.7. The van der Waals surface area contributed by atoms with Gasteiger partial charge in [-0.25, -0.2) is 0 Å². The zero-order chi connectivity index (χ0) is 22.2. The molecule has 1 heterocycles. The van der Waals surface area contributed by atoms with Gasteiger partial charge in [-0.2, -0.15) is 0 Å². The second-order valence-electron chi connectivity index (χ2n) is 8.55. The van der Waals surface area contributed by atoms with Gasteiger partial charge in [-0.05, 0) is 30.0 Å². The number of aliphatic hydroxyl groups excluding tert-OH is 1. The Morgan fingerprint density at radius 3 is 2.25 bits per heavy atom. The summed E-state index contributed by atoms with van der Waals surface area (Å²) in [5.74, 6) is 0.460. The molecule has 1 fully saturated rings. The van der Waals surface area contributed by atoms with Crippen LogP contribution in [-0.2, 0) is 11.2 Å². The third-order valence-electron chi connectivity index (χ3n) is 6.12. The molecule has 3 atom stereocenters. The summed E-state index contributed by atoms with van der Waals surface area (Å²) in [6.45, 7) is 2.61. The molecule has 1 N–H and O–H groups in total. The van der Waals surface area contributed by atoms with Gasteiger partial charge in [-0.15, -0.1) is 0 Å². The molecular formula is C28H31NO3. The maximum absolute atomic E-state index is 13.1. The van der Waals surface area contributed by atoms with Crippen molar-refractivity contribution in [2.75, 3.05) is 26.2 Å². The lowest BCUT2D eigenvalue weighted by molar-refractivity contribution is -0.0114. The average Bonchev–Trinajstić information content (AvgIpc) is 3.31. The minimum Gasteiger partial charge on any atom is -0.389 e. The van der Waals surface area contributed by atoms with E-state index in [1.54, 1.807) is 0 Å². The predicted octanol–water partition coefficient (Wildman–Crippen LogP) is 4.35. The lowest BCUT2D eigenvalue weighted by Crippen LogP contribution is -2.36. The van der Waals surface area contributed by atoms with Crippen LogP contribution in [0.3, 0.4) is 0 Å². The highest BCUT2D eigenvalue weighted by molar-refractivity contribution is 5.99. The van der Waals surface area contributed by atoms with Gasteiger partial charge in [0.05, 0.1) is 12.7 Å². The first-order chi connectivity index (χ1) is 15.7. The molecule has 3 aromatic carbocycles. The maximum atomic E-state index is 13.1. The van der Waals surface area contributed by atoms with Crippen LogP contribution in [0.4, 0.5) is 0 Å². The number of rotatable bonds is 10. The number of benzene rings is 3. The Morgan fingerprint density at radius 1 is 0.938 bits per heavy atom. The standard InChI is InChI=1S/C28H31NO3/c30-26(20-29-17-16-25(19-29)23-12-6-2-7-13-23)21-32-27(18-22-10-4-1-5-11-22)28(31)24-14-8-3-9-15-24/h1-15,25-27,30H,16-21H2. The van der Waals surface area contributed by atoms with E-state index in [9.17, 15) is 9.90 Å². The molecule has 4 nitrogen and oxygen atoms in total. The Morgan fingerprint density at radius 2 is 1.56 bits per heavy atom. The summed E-state index contributed by atoms with van der Waals surface area (Å²) < 4.78 is 6.02. The van der Waals surface area contributed by atoms with Crippen molar-refractivity contribution in [3.05, 3.63) is 108 Å². The fraction of sp³-hybridized carbons (Fsp3) is 0.321. The minimum atomic E-state index is -0.633. The number of carbonyl (C=O) groups is 1. The molecule has 3 aromatic rings. The monoisotopic (exact) mass is 429 g/mol. The topological polar surface area (TPSA) is 49.8 Å². The average molecular weight is 430 g/mol. The van der Waals surface area contributed by atoms with E-state index in [2.05, 4.69) is 29.2 Å². The molecule has 4 rings (SSSR count). The third-order valence-corrected chi connectivity index (χ3v) is 6.12. The molecule has 0 spiro atoms. The summed E-state index contributed by atoms with van der Waals surface area (Å²) in [7, 11) is 0. The molecule has 0 bridgehead atoms. The SMILES string of the molecule is O=C(c1ccccc1)C(Cc1ccccc1)OCC(O)CN1CCC(c2ccccc2)C1. The van der Waals surface area contributed by atoms with Crippen LogP contribution in [0.5, 0.6) is 0 Å². The molecule has 0 amide bonds. The van der Waals surface area contributed by atoms with Gasteiger partial charge in [0.25, 0.3) is 0 Å². The number of nitrogens with zero attached hydrogens (tertiary/aromatic N) is 1. The minimum absolute atomic E-state index is 0.0491. The number of β-amino-alcohol motifs (C(OH)–C–C–N with tert-alkyl or cyclic N) is 1. The van der Waals surface area contributed by atoms with Crippen LogP contribution in [0.15, 0.2) is 91.0 Å². The van der Waals surface area contributed by atoms with E-state index < -0.39 is 12.2 Å². The molecular weight excluding hydrogens is 398 g/mol. The van der Waals surface area contributed by atoms with Gasteiger partial charge >= 0.3 is 0 Å². The number of hydrogen-bond donors (Lipinski definition) is 1. The van der Waals surface area contributed by atoms with Gasteiger partial charge in [-0.3, -0.25) is 4.79 Å². The quantitative estimate of drug-likeness (QED) is 0.487. The van der Waals surface area contributed by atoms with Crippen LogP contribution in [0.2, 0.25) is 0 Å². The molecule has 166 valence electrons. The molecule has 0 aromatic heterocycles. The number of ketones is 1. The molecule has 1 aliphatic heterocycles. The van der Waals surface area contributed by atoms with E-state index >= 15 is 0 Å². The molecule has 32 heavy (non-hydrogen) atoms. The van der Waals surface area contributed by atoms with Crippen molar-refractivity contribution < 1.29 is 14.6 Å². The van der Waals surface area contributed by atoms with Crippen LogP contribution >= 0.6 is 0 Å². The van der Waals surface area contributed by atoms with Crippen LogP contribution in [0.1, 0.15) is 33.8 Å². The van der Waals surface area contributed by atoms with Gasteiger partial charge in [0.15, 0.2) is 5.78 Å². The van der Waals surface area contributed by atoms with E-state index in [0.29, 0.717) is 24.4 Å². The zero-order valence-electron chi connectivity index (χ0n) is 18.3. The third kappa shape index (κ3) is 6.13. The molecule has 0 radical (unpaired) electrons. The van der Waals surface area contributed by atoms with Crippen LogP contribution in [0, 0.1) is 0 Å². The molecule has 1 saturated heterocycles. The zero-order valence-corrected chi connectivity index (χ0v) is 18.3. The smallest absolute Gasteiger partial charge is 0.191 e. The molecule has 0 saturated carbocycles. The Balaban J connectivity index is 1.33. The van der Waals surface area contributed by atoms with Crippen molar-refractivity contribution in [3.63, 3.8) is 0 Å². The van der Waals surface area contributed by atoms with E-state index in [4.69, 9.17) is 4.74 Å². The number of Topliss-reactive ketones (excluding diaryl/α,β-unsaturated/α-hetero) is 1. The highest BCUT2D eigenvalue weighted by atomic mass is 16.5. The Bertz CT molecular complexity index is 962. The fourth-order valence-corrected chi connectivity index (χ4v) is 4.42. The van der Waals surface area contributed by atoms with E-state index in [1.165, 1.54) is 5.56 Å². The maximum Gasteiger partial charge on any atom is 0.191 e. The van der Waals surface area contributed by atoms with Gasteiger partial charge in [-0.1, -0.05) is 91.0 Å². The number of likely N-dealkylation sites (tertiary alicyclic amines) is 1. The number of aliphatic hydroxyl groups is 1. The van der Waals surface area contributed by atoms with E-state index in [0.717, 1.165) is 25.1 Å². The van der Waals surface area contributed by atoms with Crippen LogP contribution in [-0.4, -0.2) is 54.2 Å². The van der Waals surface area contributed by atoms with Crippen molar-refractivity contribution in [1.82, 2.24) is 4.90 Å². The Kier molecular flexibility index (Phi) is 7.83. The number of hydrogen-bond acceptors (Lipinski definition) is 4. The van der Waals surface area contributed by atoms with Crippen molar-refractivity contribution >= 4 is 5.78 Å². The van der Waals surface area contributed by atoms with Crippen LogP contribution < -0.4 is 0 Å². The first-order valence-electron chi connectivity index (χ1n) is 11.4. The van der Waals surface area contributed by atoms with Gasteiger partial charge in [0.2, 0.25) is 0 Å². The van der Waals surface area contributed by atoms with Crippen LogP contribution in [0.25, 0.3) is 0 Å². The summed E-state index contributed by atoms with van der Waals surface area (Å²) in [5, 5.41) is 10.7. The van der Waals surface area contributed by atoms with Gasteiger partial charge < -0.3 is 14.7 Å². The number of ether oxygens (including phenoxy) is 1. The van der Waals surface area contributed by atoms with Crippen molar-refractivity contribution in [2.24, 2.45) is 0 Å². The van der Waals surface area contributed by atoms with E-state index in [-0.39, 0.29) is 12.4 Å². The normalized spacial score (nSPS) is 18.3. The van der Waals surface area contributed by atoms with Gasteiger partial charge in [0.1, 0.15) is 6.10 Å².